The van der Waals surface area contributed by atoms with Crippen molar-refractivity contribution in [2.24, 2.45) is 5.84 Å². The van der Waals surface area contributed by atoms with Gasteiger partial charge >= 0.3 is 0 Å². The number of hydrogen-bond donors (Lipinski definition) is 2. The average Bonchev–Trinajstić information content (AvgIpc) is 2.98. The predicted octanol–water partition coefficient (Wildman–Crippen LogP) is 1.20. The minimum Gasteiger partial charge on any atom is -0.292 e. The van der Waals surface area contributed by atoms with E-state index >= 15 is 0 Å². The number of aromatic nitrogens is 6. The molecule has 2 aromatic heterocycles. The zero-order valence-corrected chi connectivity index (χ0v) is 11.9. The Morgan fingerprint density at radius 3 is 2.81 bits per heavy atom. The number of nitrogens with one attached hydrogen (secondary N) is 1. The second-order valence-electron chi connectivity index (χ2n) is 4.14. The molecule has 0 atom stereocenters. The number of anilines is 1. The Morgan fingerprint density at radius 2 is 2.05 bits per heavy atom. The van der Waals surface area contributed by atoms with E-state index in [1.54, 1.807) is 10.9 Å². The van der Waals surface area contributed by atoms with Gasteiger partial charge in [0.2, 0.25) is 11.1 Å². The maximum atomic E-state index is 5.33. The third-order valence-electron chi connectivity index (χ3n) is 2.68. The molecule has 8 nitrogen and oxygen atoms in total. The summed E-state index contributed by atoms with van der Waals surface area (Å²) in [7, 11) is 0. The van der Waals surface area contributed by atoms with Crippen molar-refractivity contribution >= 4 is 17.7 Å². The lowest BCUT2D eigenvalue weighted by Gasteiger charge is -2.06. The maximum absolute atomic E-state index is 5.33. The lowest BCUT2D eigenvalue weighted by Crippen LogP contribution is -2.11. The molecule has 1 aromatic carbocycles. The van der Waals surface area contributed by atoms with E-state index in [9.17, 15) is 0 Å². The summed E-state index contributed by atoms with van der Waals surface area (Å²) in [6, 6.07) is 9.66. The zero-order valence-electron chi connectivity index (χ0n) is 11.1. The van der Waals surface area contributed by atoms with Crippen LogP contribution in [0, 0.1) is 6.92 Å². The van der Waals surface area contributed by atoms with Gasteiger partial charge < -0.3 is 0 Å². The highest BCUT2D eigenvalue weighted by molar-refractivity contribution is 7.99. The molecule has 3 aromatic rings. The molecule has 3 rings (SSSR count). The fourth-order valence-corrected chi connectivity index (χ4v) is 2.48. The first kappa shape index (κ1) is 13.5. The first-order valence-corrected chi connectivity index (χ1v) is 6.91. The summed E-state index contributed by atoms with van der Waals surface area (Å²) in [6.45, 7) is 1.92. The van der Waals surface area contributed by atoms with Gasteiger partial charge in [-0.3, -0.25) is 5.43 Å². The van der Waals surface area contributed by atoms with Gasteiger partial charge in [0.25, 0.3) is 0 Å². The van der Waals surface area contributed by atoms with Crippen molar-refractivity contribution < 1.29 is 0 Å². The molecule has 0 spiro atoms. The third kappa shape index (κ3) is 2.83. The van der Waals surface area contributed by atoms with Crippen LogP contribution in [-0.4, -0.2) is 30.2 Å². The summed E-state index contributed by atoms with van der Waals surface area (Å²) in [5.74, 6) is 5.68. The number of hydrogen-bond acceptors (Lipinski definition) is 8. The first-order valence-electron chi connectivity index (χ1n) is 6.10. The molecule has 21 heavy (non-hydrogen) atoms. The number of nitrogen functional groups attached to an aromatic ring is 1. The fraction of sp³-hybridized carbons (Fsp3) is 0.0833. The topological polar surface area (TPSA) is 107 Å². The van der Waals surface area contributed by atoms with Crippen LogP contribution in [0.5, 0.6) is 0 Å². The standard InChI is InChI=1S/C12H12N8S/c1-8-7-14-11(16-13)15-10(8)21-12-17-18-19-20(12)9-5-3-2-4-6-9/h2-7H,13H2,1H3,(H,14,15,16). The van der Waals surface area contributed by atoms with E-state index in [1.165, 1.54) is 11.8 Å². The minimum atomic E-state index is 0.349. The molecule has 0 aliphatic rings. The molecule has 0 aliphatic heterocycles. The molecule has 9 heteroatoms. The third-order valence-corrected chi connectivity index (χ3v) is 3.73. The number of nitrogens with two attached hydrogens (primary N) is 1. The molecule has 0 saturated heterocycles. The number of tetrazole rings is 1. The van der Waals surface area contributed by atoms with Gasteiger partial charge in [-0.1, -0.05) is 18.2 Å². The van der Waals surface area contributed by atoms with Crippen molar-refractivity contribution in [2.75, 3.05) is 5.43 Å². The summed E-state index contributed by atoms with van der Waals surface area (Å²) < 4.78 is 1.65. The highest BCUT2D eigenvalue weighted by Crippen LogP contribution is 2.28. The average molecular weight is 300 g/mol. The molecule has 0 fully saturated rings. The van der Waals surface area contributed by atoms with Crippen molar-refractivity contribution in [2.45, 2.75) is 17.1 Å². The Balaban J connectivity index is 1.95. The molecule has 3 N–H and O–H groups in total. The van der Waals surface area contributed by atoms with Crippen molar-refractivity contribution in [1.82, 2.24) is 30.2 Å². The van der Waals surface area contributed by atoms with E-state index in [2.05, 4.69) is 30.9 Å². The van der Waals surface area contributed by atoms with E-state index in [1.807, 2.05) is 37.3 Å². The number of benzene rings is 1. The SMILES string of the molecule is Cc1cnc(NN)nc1Sc1nnnn1-c1ccccc1. The van der Waals surface area contributed by atoms with Gasteiger partial charge in [0, 0.05) is 11.8 Å². The van der Waals surface area contributed by atoms with Crippen molar-refractivity contribution in [3.63, 3.8) is 0 Å². The van der Waals surface area contributed by atoms with Crippen LogP contribution in [0.1, 0.15) is 5.56 Å². The van der Waals surface area contributed by atoms with Gasteiger partial charge in [0.15, 0.2) is 0 Å². The number of hydrazine groups is 1. The van der Waals surface area contributed by atoms with Crippen molar-refractivity contribution in [3.05, 3.63) is 42.1 Å². The summed E-state index contributed by atoms with van der Waals surface area (Å²) in [6.07, 6.45) is 1.70. The summed E-state index contributed by atoms with van der Waals surface area (Å²) in [5, 5.41) is 13.1. The number of rotatable bonds is 4. The molecule has 0 amide bonds. The van der Waals surface area contributed by atoms with E-state index < -0.39 is 0 Å². The van der Waals surface area contributed by atoms with E-state index in [0.29, 0.717) is 11.1 Å². The largest absolute Gasteiger partial charge is 0.292 e. The monoisotopic (exact) mass is 300 g/mol. The second-order valence-corrected chi connectivity index (χ2v) is 5.09. The highest BCUT2D eigenvalue weighted by atomic mass is 32.2. The van der Waals surface area contributed by atoms with Gasteiger partial charge in [-0.15, -0.1) is 5.10 Å². The van der Waals surface area contributed by atoms with Crippen LogP contribution in [-0.2, 0) is 0 Å². The number of nitrogens with zero attached hydrogens (tertiary/aromatic N) is 6. The molecule has 0 aliphatic carbocycles. The number of para-hydroxylation sites is 1. The van der Waals surface area contributed by atoms with Crippen LogP contribution < -0.4 is 11.3 Å². The Morgan fingerprint density at radius 1 is 1.24 bits per heavy atom. The lowest BCUT2D eigenvalue weighted by atomic mass is 10.3. The highest BCUT2D eigenvalue weighted by Gasteiger charge is 2.13. The summed E-state index contributed by atoms with van der Waals surface area (Å²) >= 11 is 1.35. The molecule has 0 bridgehead atoms. The molecule has 106 valence electrons. The minimum absolute atomic E-state index is 0.349. The van der Waals surface area contributed by atoms with Crippen LogP contribution in [0.15, 0.2) is 46.7 Å². The van der Waals surface area contributed by atoms with Crippen LogP contribution in [0.2, 0.25) is 0 Å². The van der Waals surface area contributed by atoms with Crippen LogP contribution in [0.25, 0.3) is 5.69 Å². The van der Waals surface area contributed by atoms with Crippen molar-refractivity contribution in [3.8, 4) is 5.69 Å². The fourth-order valence-electron chi connectivity index (χ4n) is 1.66. The van der Waals surface area contributed by atoms with E-state index in [-0.39, 0.29) is 0 Å². The van der Waals surface area contributed by atoms with Gasteiger partial charge in [-0.05, 0) is 41.2 Å². The van der Waals surface area contributed by atoms with Gasteiger partial charge in [0.05, 0.1) is 5.69 Å². The Labute approximate surface area is 124 Å². The quantitative estimate of drug-likeness (QED) is 0.420. The Kier molecular flexibility index (Phi) is 3.75. The molecular formula is C12H12N8S. The molecule has 2 heterocycles. The smallest absolute Gasteiger partial charge is 0.238 e. The number of aryl methyl sites for hydroxylation is 1. The maximum Gasteiger partial charge on any atom is 0.238 e. The molecule has 0 radical (unpaired) electrons. The van der Waals surface area contributed by atoms with Gasteiger partial charge in [0.1, 0.15) is 5.03 Å². The summed E-state index contributed by atoms with van der Waals surface area (Å²) in [5.41, 5.74) is 4.23. The second kappa shape index (κ2) is 5.85. The Bertz CT molecular complexity index is 742. The zero-order chi connectivity index (χ0) is 14.7. The first-order chi connectivity index (χ1) is 10.3. The Hall–Kier alpha value is -2.52. The van der Waals surface area contributed by atoms with Gasteiger partial charge in [-0.25, -0.2) is 15.8 Å². The molecular weight excluding hydrogens is 288 g/mol. The normalized spacial score (nSPS) is 10.6. The van der Waals surface area contributed by atoms with Crippen LogP contribution in [0.3, 0.4) is 0 Å². The predicted molar refractivity (Wildman–Crippen MR) is 77.9 cm³/mol. The van der Waals surface area contributed by atoms with E-state index in [4.69, 9.17) is 5.84 Å². The van der Waals surface area contributed by atoms with Crippen LogP contribution in [0.4, 0.5) is 5.95 Å². The van der Waals surface area contributed by atoms with Gasteiger partial charge in [-0.2, -0.15) is 4.68 Å². The molecule has 0 unspecified atom stereocenters. The molecule has 0 saturated carbocycles. The van der Waals surface area contributed by atoms with Crippen molar-refractivity contribution in [1.29, 1.82) is 0 Å². The summed E-state index contributed by atoms with van der Waals surface area (Å²) in [4.78, 5) is 8.36. The van der Waals surface area contributed by atoms with Crippen LogP contribution >= 0.6 is 11.8 Å². The van der Waals surface area contributed by atoms with E-state index in [0.717, 1.165) is 16.3 Å². The lowest BCUT2D eigenvalue weighted by molar-refractivity contribution is 0.755.